The van der Waals surface area contributed by atoms with Crippen LogP contribution in [0.3, 0.4) is 0 Å². The van der Waals surface area contributed by atoms with Crippen LogP contribution in [0.1, 0.15) is 90.0 Å². The molecule has 0 saturated heterocycles. The fraction of sp³-hybridized carbons (Fsp3) is 0.625. The van der Waals surface area contributed by atoms with Gasteiger partial charge >= 0.3 is 5.97 Å². The summed E-state index contributed by atoms with van der Waals surface area (Å²) in [6, 6.07) is 7.34. The van der Waals surface area contributed by atoms with Crippen LogP contribution in [-0.2, 0) is 4.79 Å². The molecule has 0 amide bonds. The molecule has 1 heterocycles. The number of halogens is 1. The summed E-state index contributed by atoms with van der Waals surface area (Å²) in [6.45, 7) is 2.24. The minimum Gasteiger partial charge on any atom is -0.506 e. The third-order valence-electron chi connectivity index (χ3n) is 5.71. The van der Waals surface area contributed by atoms with Crippen molar-refractivity contribution in [1.29, 1.82) is 0 Å². The van der Waals surface area contributed by atoms with E-state index in [-0.39, 0.29) is 23.6 Å². The van der Waals surface area contributed by atoms with Crippen LogP contribution >= 0.6 is 11.6 Å². The van der Waals surface area contributed by atoms with Gasteiger partial charge in [-0.2, -0.15) is 0 Å². The number of aromatic nitrogens is 1. The number of para-hydroxylation sites is 1. The molecule has 2 rings (SSSR count). The normalized spacial score (nSPS) is 13.6. The summed E-state index contributed by atoms with van der Waals surface area (Å²) in [4.78, 5) is 11.4. The molecule has 0 aliphatic heterocycles. The number of fused-ring (bicyclic) bond motifs is 1. The first-order valence-electron chi connectivity index (χ1n) is 11.2. The van der Waals surface area contributed by atoms with E-state index in [9.17, 15) is 15.0 Å². The summed E-state index contributed by atoms with van der Waals surface area (Å²) in [5.41, 5.74) is 0.866. The van der Waals surface area contributed by atoms with Gasteiger partial charge in [-0.25, -0.2) is 0 Å². The lowest BCUT2D eigenvalue weighted by molar-refractivity contribution is -0.137. The van der Waals surface area contributed by atoms with Crippen LogP contribution in [-0.4, -0.2) is 26.1 Å². The number of hydrogen-bond acceptors (Lipinski definition) is 2. The SMILES string of the molecule is CCCCCCCCCCC(Cl)CCC(CC(=O)O)n1cc(O)c2ccccc21. The van der Waals surface area contributed by atoms with Crippen LogP contribution in [0.2, 0.25) is 0 Å². The molecule has 0 fully saturated rings. The van der Waals surface area contributed by atoms with Gasteiger partial charge in [0.05, 0.1) is 11.9 Å². The van der Waals surface area contributed by atoms with E-state index in [1.165, 1.54) is 44.9 Å². The minimum atomic E-state index is -0.832. The molecule has 0 saturated carbocycles. The predicted molar refractivity (Wildman–Crippen MR) is 121 cm³/mol. The van der Waals surface area contributed by atoms with Crippen molar-refractivity contribution in [2.75, 3.05) is 0 Å². The summed E-state index contributed by atoms with van der Waals surface area (Å²) in [7, 11) is 0. The molecule has 0 radical (unpaired) electrons. The molecule has 29 heavy (non-hydrogen) atoms. The first kappa shape index (κ1) is 23.6. The average Bonchev–Trinajstić information content (AvgIpc) is 3.04. The van der Waals surface area contributed by atoms with Gasteiger partial charge in [0.25, 0.3) is 0 Å². The third kappa shape index (κ3) is 7.93. The number of aromatic hydroxyl groups is 1. The van der Waals surface area contributed by atoms with Crippen molar-refractivity contribution >= 4 is 28.5 Å². The molecule has 1 aromatic heterocycles. The zero-order valence-corrected chi connectivity index (χ0v) is 18.4. The molecule has 0 bridgehead atoms. The highest BCUT2D eigenvalue weighted by Crippen LogP contribution is 2.33. The third-order valence-corrected chi connectivity index (χ3v) is 6.14. The van der Waals surface area contributed by atoms with E-state index in [4.69, 9.17) is 11.6 Å². The summed E-state index contributed by atoms with van der Waals surface area (Å²) in [5.74, 6) is -0.640. The number of carboxylic acid groups (broad SMARTS) is 1. The summed E-state index contributed by atoms with van der Waals surface area (Å²) >= 11 is 6.55. The van der Waals surface area contributed by atoms with E-state index < -0.39 is 5.97 Å². The Hall–Kier alpha value is -1.68. The van der Waals surface area contributed by atoms with Crippen molar-refractivity contribution < 1.29 is 15.0 Å². The van der Waals surface area contributed by atoms with Crippen molar-refractivity contribution in [2.45, 2.75) is 95.4 Å². The Morgan fingerprint density at radius 1 is 1.00 bits per heavy atom. The molecule has 2 aromatic rings. The highest BCUT2D eigenvalue weighted by molar-refractivity contribution is 6.20. The van der Waals surface area contributed by atoms with Crippen molar-refractivity contribution in [3.8, 4) is 5.75 Å². The monoisotopic (exact) mass is 421 g/mol. The number of carbonyl (C=O) groups is 1. The Balaban J connectivity index is 1.81. The molecule has 162 valence electrons. The number of aliphatic carboxylic acids is 1. The quantitative estimate of drug-likeness (QED) is 0.234. The number of nitrogens with zero attached hydrogens (tertiary/aromatic N) is 1. The smallest absolute Gasteiger partial charge is 0.305 e. The van der Waals surface area contributed by atoms with Gasteiger partial charge in [0.2, 0.25) is 0 Å². The first-order valence-corrected chi connectivity index (χ1v) is 11.6. The maximum absolute atomic E-state index is 11.4. The highest BCUT2D eigenvalue weighted by Gasteiger charge is 2.20. The van der Waals surface area contributed by atoms with Crippen LogP contribution in [0, 0.1) is 0 Å². The maximum Gasteiger partial charge on any atom is 0.305 e. The molecule has 2 unspecified atom stereocenters. The van der Waals surface area contributed by atoms with Crippen LogP contribution in [0.15, 0.2) is 30.5 Å². The topological polar surface area (TPSA) is 62.5 Å². The molecule has 4 nitrogen and oxygen atoms in total. The standard InChI is InChI=1S/C24H36ClNO3/c1-2-3-4-5-6-7-8-9-12-19(25)15-16-20(17-24(28)29)26-18-23(27)21-13-10-11-14-22(21)26/h10-11,13-14,18-20,27H,2-9,12,15-17H2,1H3,(H,28,29). The van der Waals surface area contributed by atoms with E-state index in [0.29, 0.717) is 6.42 Å². The first-order chi connectivity index (χ1) is 14.0. The van der Waals surface area contributed by atoms with E-state index in [1.54, 1.807) is 6.20 Å². The van der Waals surface area contributed by atoms with Gasteiger partial charge in [-0.1, -0.05) is 70.4 Å². The molecule has 1 aromatic carbocycles. The molecule has 0 spiro atoms. The van der Waals surface area contributed by atoms with Crippen LogP contribution in [0.25, 0.3) is 10.9 Å². The van der Waals surface area contributed by atoms with Crippen molar-refractivity contribution in [1.82, 2.24) is 4.57 Å². The van der Waals surface area contributed by atoms with Gasteiger partial charge in [-0.3, -0.25) is 4.79 Å². The second-order valence-corrected chi connectivity index (χ2v) is 8.75. The van der Waals surface area contributed by atoms with E-state index in [0.717, 1.165) is 30.2 Å². The average molecular weight is 422 g/mol. The Kier molecular flexibility index (Phi) is 10.4. The Labute approximate surface area is 179 Å². The van der Waals surface area contributed by atoms with Crippen molar-refractivity contribution in [3.05, 3.63) is 30.5 Å². The number of benzene rings is 1. The van der Waals surface area contributed by atoms with Gasteiger partial charge in [0, 0.05) is 23.0 Å². The minimum absolute atomic E-state index is 0.0273. The van der Waals surface area contributed by atoms with Crippen molar-refractivity contribution in [2.24, 2.45) is 0 Å². The molecule has 5 heteroatoms. The number of alkyl halides is 1. The Morgan fingerprint density at radius 3 is 2.34 bits per heavy atom. The predicted octanol–water partition coefficient (Wildman–Crippen LogP) is 7.28. The fourth-order valence-electron chi connectivity index (χ4n) is 4.05. The molecular weight excluding hydrogens is 386 g/mol. The van der Waals surface area contributed by atoms with Gasteiger partial charge < -0.3 is 14.8 Å². The van der Waals surface area contributed by atoms with E-state index in [1.807, 2.05) is 28.8 Å². The molecule has 0 aliphatic carbocycles. The van der Waals surface area contributed by atoms with Crippen LogP contribution in [0.5, 0.6) is 5.75 Å². The zero-order valence-electron chi connectivity index (χ0n) is 17.7. The van der Waals surface area contributed by atoms with Gasteiger partial charge in [0.1, 0.15) is 5.75 Å². The Morgan fingerprint density at radius 2 is 1.66 bits per heavy atom. The number of hydrogen-bond donors (Lipinski definition) is 2. The Bertz CT molecular complexity index is 743. The number of unbranched alkanes of at least 4 members (excludes halogenated alkanes) is 7. The second kappa shape index (κ2) is 12.8. The van der Waals surface area contributed by atoms with Gasteiger partial charge in [-0.15, -0.1) is 11.6 Å². The zero-order chi connectivity index (χ0) is 21.1. The summed E-state index contributed by atoms with van der Waals surface area (Å²) in [5, 5.41) is 20.4. The van der Waals surface area contributed by atoms with Crippen LogP contribution in [0.4, 0.5) is 0 Å². The summed E-state index contributed by atoms with van der Waals surface area (Å²) in [6.07, 6.45) is 14.4. The van der Waals surface area contributed by atoms with Gasteiger partial charge in [-0.05, 0) is 31.4 Å². The lowest BCUT2D eigenvalue weighted by Crippen LogP contribution is -2.15. The highest BCUT2D eigenvalue weighted by atomic mass is 35.5. The lowest BCUT2D eigenvalue weighted by Gasteiger charge is -2.20. The van der Waals surface area contributed by atoms with E-state index in [2.05, 4.69) is 6.92 Å². The molecular formula is C24H36ClNO3. The molecule has 0 aliphatic rings. The summed E-state index contributed by atoms with van der Waals surface area (Å²) < 4.78 is 1.90. The number of rotatable bonds is 15. The van der Waals surface area contributed by atoms with E-state index >= 15 is 0 Å². The lowest BCUT2D eigenvalue weighted by atomic mass is 10.0. The maximum atomic E-state index is 11.4. The van der Waals surface area contributed by atoms with Crippen molar-refractivity contribution in [3.63, 3.8) is 0 Å². The second-order valence-electron chi connectivity index (χ2n) is 8.13. The number of carboxylic acids is 1. The molecule has 2 atom stereocenters. The van der Waals surface area contributed by atoms with Gasteiger partial charge in [0.15, 0.2) is 0 Å². The fourth-order valence-corrected chi connectivity index (χ4v) is 4.33. The molecule has 2 N–H and O–H groups in total. The van der Waals surface area contributed by atoms with Crippen LogP contribution < -0.4 is 0 Å². The largest absolute Gasteiger partial charge is 0.506 e.